The van der Waals surface area contributed by atoms with E-state index < -0.39 is 0 Å². The number of carbonyl (C=O) groups is 1. The van der Waals surface area contributed by atoms with Crippen LogP contribution in [0, 0.1) is 0 Å². The molecule has 2 nitrogen and oxygen atoms in total. The standard InChI is InChI=1S/C17H16O2/c18-17-16(14-9-5-2-6-10-14)15(11-12-19-17)13-7-3-1-4-8-13/h1-10,15-16H,11-12H2/t15-,16-/m0/s1. The van der Waals surface area contributed by atoms with Crippen LogP contribution in [0.5, 0.6) is 0 Å². The zero-order chi connectivity index (χ0) is 13.1. The molecule has 1 fully saturated rings. The van der Waals surface area contributed by atoms with Gasteiger partial charge >= 0.3 is 5.97 Å². The topological polar surface area (TPSA) is 26.3 Å². The number of ether oxygens (including phenoxy) is 1. The predicted molar refractivity (Wildman–Crippen MR) is 73.9 cm³/mol. The molecule has 0 unspecified atom stereocenters. The molecule has 0 N–H and O–H groups in total. The van der Waals surface area contributed by atoms with Crippen LogP contribution in [0.3, 0.4) is 0 Å². The van der Waals surface area contributed by atoms with Gasteiger partial charge in [-0.05, 0) is 17.5 Å². The maximum atomic E-state index is 12.2. The predicted octanol–water partition coefficient (Wildman–Crippen LogP) is 3.50. The van der Waals surface area contributed by atoms with Crippen molar-refractivity contribution >= 4 is 5.97 Å². The summed E-state index contributed by atoms with van der Waals surface area (Å²) in [4.78, 5) is 12.2. The van der Waals surface area contributed by atoms with Gasteiger partial charge in [0.25, 0.3) is 0 Å². The number of esters is 1. The van der Waals surface area contributed by atoms with Gasteiger partial charge in [-0.1, -0.05) is 60.7 Å². The van der Waals surface area contributed by atoms with Crippen LogP contribution in [-0.2, 0) is 9.53 Å². The summed E-state index contributed by atoms with van der Waals surface area (Å²) in [5, 5.41) is 0. The number of hydrogen-bond donors (Lipinski definition) is 0. The van der Waals surface area contributed by atoms with Gasteiger partial charge in [0.2, 0.25) is 0 Å². The summed E-state index contributed by atoms with van der Waals surface area (Å²) in [5.41, 5.74) is 2.26. The highest BCUT2D eigenvalue weighted by Crippen LogP contribution is 2.39. The first-order valence-electron chi connectivity index (χ1n) is 6.63. The van der Waals surface area contributed by atoms with Crippen LogP contribution in [-0.4, -0.2) is 12.6 Å². The molecular formula is C17H16O2. The second-order valence-corrected chi connectivity index (χ2v) is 4.86. The average molecular weight is 252 g/mol. The van der Waals surface area contributed by atoms with Crippen molar-refractivity contribution in [3.05, 3.63) is 71.8 Å². The van der Waals surface area contributed by atoms with Crippen molar-refractivity contribution in [1.82, 2.24) is 0 Å². The summed E-state index contributed by atoms with van der Waals surface area (Å²) < 4.78 is 5.26. The Hall–Kier alpha value is -2.09. The van der Waals surface area contributed by atoms with E-state index in [0.29, 0.717) is 6.61 Å². The van der Waals surface area contributed by atoms with E-state index >= 15 is 0 Å². The summed E-state index contributed by atoms with van der Waals surface area (Å²) in [6.45, 7) is 0.516. The van der Waals surface area contributed by atoms with Crippen LogP contribution in [0.4, 0.5) is 0 Å². The number of rotatable bonds is 2. The zero-order valence-electron chi connectivity index (χ0n) is 10.7. The highest BCUT2D eigenvalue weighted by atomic mass is 16.5. The van der Waals surface area contributed by atoms with Gasteiger partial charge in [0.05, 0.1) is 12.5 Å². The molecule has 1 aliphatic heterocycles. The van der Waals surface area contributed by atoms with Crippen LogP contribution >= 0.6 is 0 Å². The second-order valence-electron chi connectivity index (χ2n) is 4.86. The lowest BCUT2D eigenvalue weighted by molar-refractivity contribution is -0.150. The Morgan fingerprint density at radius 3 is 2.05 bits per heavy atom. The summed E-state index contributed by atoms with van der Waals surface area (Å²) in [6.07, 6.45) is 0.884. The summed E-state index contributed by atoms with van der Waals surface area (Å²) >= 11 is 0. The number of carbonyl (C=O) groups excluding carboxylic acids is 1. The SMILES string of the molecule is O=C1OCC[C@@H](c2ccccc2)[C@@H]1c1ccccc1. The van der Waals surface area contributed by atoms with E-state index in [-0.39, 0.29) is 17.8 Å². The first kappa shape index (κ1) is 12.0. The third kappa shape index (κ3) is 2.39. The molecule has 0 radical (unpaired) electrons. The number of hydrogen-bond acceptors (Lipinski definition) is 2. The smallest absolute Gasteiger partial charge is 0.314 e. The van der Waals surface area contributed by atoms with Crippen molar-refractivity contribution in [1.29, 1.82) is 0 Å². The van der Waals surface area contributed by atoms with Gasteiger partial charge in [-0.15, -0.1) is 0 Å². The normalized spacial score (nSPS) is 22.8. The average Bonchev–Trinajstić information content (AvgIpc) is 2.49. The lowest BCUT2D eigenvalue weighted by Gasteiger charge is -2.30. The first-order valence-corrected chi connectivity index (χ1v) is 6.63. The zero-order valence-corrected chi connectivity index (χ0v) is 10.7. The van der Waals surface area contributed by atoms with Crippen molar-refractivity contribution in [2.75, 3.05) is 6.61 Å². The molecule has 2 heteroatoms. The van der Waals surface area contributed by atoms with Crippen LogP contribution in [0.15, 0.2) is 60.7 Å². The van der Waals surface area contributed by atoms with Crippen molar-refractivity contribution in [3.63, 3.8) is 0 Å². The van der Waals surface area contributed by atoms with Gasteiger partial charge in [0, 0.05) is 5.92 Å². The molecule has 1 heterocycles. The molecule has 2 aromatic carbocycles. The van der Waals surface area contributed by atoms with E-state index in [9.17, 15) is 4.79 Å². The molecule has 19 heavy (non-hydrogen) atoms. The van der Waals surface area contributed by atoms with Crippen LogP contribution < -0.4 is 0 Å². The van der Waals surface area contributed by atoms with Crippen molar-refractivity contribution in [2.24, 2.45) is 0 Å². The molecule has 0 amide bonds. The van der Waals surface area contributed by atoms with Crippen molar-refractivity contribution in [3.8, 4) is 0 Å². The number of cyclic esters (lactones) is 1. The van der Waals surface area contributed by atoms with Crippen LogP contribution in [0.1, 0.15) is 29.4 Å². The minimum Gasteiger partial charge on any atom is -0.465 e. The Labute approximate surface area is 113 Å². The summed E-state index contributed by atoms with van der Waals surface area (Å²) in [7, 11) is 0. The second kappa shape index (κ2) is 5.27. The van der Waals surface area contributed by atoms with E-state index in [1.807, 2.05) is 48.5 Å². The lowest BCUT2D eigenvalue weighted by Crippen LogP contribution is -2.29. The molecule has 3 rings (SSSR count). The fourth-order valence-electron chi connectivity index (χ4n) is 2.80. The van der Waals surface area contributed by atoms with Gasteiger partial charge in [-0.25, -0.2) is 0 Å². The maximum Gasteiger partial charge on any atom is 0.314 e. The first-order chi connectivity index (χ1) is 9.36. The van der Waals surface area contributed by atoms with E-state index in [2.05, 4.69) is 12.1 Å². The highest BCUT2D eigenvalue weighted by Gasteiger charge is 2.35. The fraction of sp³-hybridized carbons (Fsp3) is 0.235. The Morgan fingerprint density at radius 1 is 0.842 bits per heavy atom. The highest BCUT2D eigenvalue weighted by molar-refractivity contribution is 5.80. The van der Waals surface area contributed by atoms with Crippen LogP contribution in [0.2, 0.25) is 0 Å². The third-order valence-electron chi connectivity index (χ3n) is 3.72. The molecule has 2 atom stereocenters. The summed E-state index contributed by atoms with van der Waals surface area (Å²) in [5.74, 6) is -0.0755. The van der Waals surface area contributed by atoms with Crippen molar-refractivity contribution in [2.45, 2.75) is 18.3 Å². The molecule has 2 aromatic rings. The molecule has 0 saturated carbocycles. The van der Waals surface area contributed by atoms with Gasteiger partial charge < -0.3 is 4.74 Å². The Bertz CT molecular complexity index is 548. The molecule has 0 bridgehead atoms. The maximum absolute atomic E-state index is 12.2. The molecule has 0 aliphatic carbocycles. The van der Waals surface area contributed by atoms with E-state index in [1.165, 1.54) is 5.56 Å². The Morgan fingerprint density at radius 2 is 1.42 bits per heavy atom. The molecule has 0 aromatic heterocycles. The van der Waals surface area contributed by atoms with Crippen molar-refractivity contribution < 1.29 is 9.53 Å². The quantitative estimate of drug-likeness (QED) is 0.765. The minimum atomic E-state index is -0.183. The Balaban J connectivity index is 1.99. The van der Waals surface area contributed by atoms with Gasteiger partial charge in [-0.2, -0.15) is 0 Å². The van der Waals surface area contributed by atoms with Gasteiger partial charge in [-0.3, -0.25) is 4.79 Å². The molecular weight excluding hydrogens is 236 g/mol. The largest absolute Gasteiger partial charge is 0.465 e. The van der Waals surface area contributed by atoms with E-state index in [4.69, 9.17) is 4.74 Å². The van der Waals surface area contributed by atoms with E-state index in [1.54, 1.807) is 0 Å². The molecule has 0 spiro atoms. The molecule has 1 aliphatic rings. The molecule has 96 valence electrons. The lowest BCUT2D eigenvalue weighted by atomic mass is 9.78. The fourth-order valence-corrected chi connectivity index (χ4v) is 2.80. The third-order valence-corrected chi connectivity index (χ3v) is 3.72. The monoisotopic (exact) mass is 252 g/mol. The minimum absolute atomic E-state index is 0.105. The molecule has 1 saturated heterocycles. The Kier molecular flexibility index (Phi) is 3.32. The summed E-state index contributed by atoms with van der Waals surface area (Å²) in [6, 6.07) is 20.2. The van der Waals surface area contributed by atoms with Crippen LogP contribution in [0.25, 0.3) is 0 Å². The number of benzene rings is 2. The van der Waals surface area contributed by atoms with Gasteiger partial charge in [0.15, 0.2) is 0 Å². The van der Waals surface area contributed by atoms with E-state index in [0.717, 1.165) is 12.0 Å². The van der Waals surface area contributed by atoms with Gasteiger partial charge in [0.1, 0.15) is 0 Å².